The first-order valence-corrected chi connectivity index (χ1v) is 7.08. The highest BCUT2D eigenvalue weighted by molar-refractivity contribution is 5.18. The lowest BCUT2D eigenvalue weighted by atomic mass is 10.1. The summed E-state index contributed by atoms with van der Waals surface area (Å²) in [5, 5.41) is 0. The second-order valence-corrected chi connectivity index (χ2v) is 5.29. The molecule has 1 aliphatic carbocycles. The lowest BCUT2D eigenvalue weighted by Crippen LogP contribution is -2.34. The molecule has 1 aromatic carbocycles. The Morgan fingerprint density at radius 2 is 1.95 bits per heavy atom. The van der Waals surface area contributed by atoms with Crippen molar-refractivity contribution in [1.82, 2.24) is 4.90 Å². The van der Waals surface area contributed by atoms with Crippen molar-refractivity contribution in [3.05, 3.63) is 35.4 Å². The molecule has 0 aromatic heterocycles. The number of halogens is 2. The van der Waals surface area contributed by atoms with Crippen molar-refractivity contribution in [3.63, 3.8) is 0 Å². The fraction of sp³-hybridized carbons (Fsp3) is 0.600. The van der Waals surface area contributed by atoms with E-state index in [9.17, 15) is 8.78 Å². The standard InChI is InChI=1S/C15H22F2N2/c16-13-6-7-15(17)12(10-13)11-19(9-3-8-18)14-4-1-2-5-14/h6-7,10,14H,1-5,8-9,11,18H2. The minimum absolute atomic E-state index is 0.322. The lowest BCUT2D eigenvalue weighted by molar-refractivity contribution is 0.186. The average Bonchev–Trinajstić information content (AvgIpc) is 2.92. The molecule has 2 N–H and O–H groups in total. The van der Waals surface area contributed by atoms with Crippen molar-refractivity contribution in [1.29, 1.82) is 0 Å². The Balaban J connectivity index is 2.07. The van der Waals surface area contributed by atoms with Crippen molar-refractivity contribution >= 4 is 0 Å². The van der Waals surface area contributed by atoms with Crippen molar-refractivity contribution in [2.75, 3.05) is 13.1 Å². The van der Waals surface area contributed by atoms with Gasteiger partial charge in [-0.2, -0.15) is 0 Å². The molecule has 0 radical (unpaired) electrons. The minimum atomic E-state index is -0.374. The molecule has 0 heterocycles. The van der Waals surface area contributed by atoms with E-state index in [0.29, 0.717) is 24.7 Å². The van der Waals surface area contributed by atoms with Crippen LogP contribution in [0.1, 0.15) is 37.7 Å². The van der Waals surface area contributed by atoms with Crippen LogP contribution < -0.4 is 5.73 Å². The van der Waals surface area contributed by atoms with E-state index in [-0.39, 0.29) is 11.6 Å². The Labute approximate surface area is 113 Å². The molecule has 1 aromatic rings. The summed E-state index contributed by atoms with van der Waals surface area (Å²) in [7, 11) is 0. The molecule has 0 saturated heterocycles. The summed E-state index contributed by atoms with van der Waals surface area (Å²) in [4.78, 5) is 2.26. The average molecular weight is 268 g/mol. The zero-order chi connectivity index (χ0) is 13.7. The summed E-state index contributed by atoms with van der Waals surface area (Å²) in [5.41, 5.74) is 6.01. The van der Waals surface area contributed by atoms with Crippen LogP contribution in [-0.4, -0.2) is 24.0 Å². The van der Waals surface area contributed by atoms with Gasteiger partial charge < -0.3 is 5.73 Å². The van der Waals surface area contributed by atoms with Crippen LogP contribution in [0, 0.1) is 11.6 Å². The Kier molecular flexibility index (Phi) is 5.28. The van der Waals surface area contributed by atoms with Gasteiger partial charge >= 0.3 is 0 Å². The summed E-state index contributed by atoms with van der Waals surface area (Å²) < 4.78 is 26.9. The van der Waals surface area contributed by atoms with Gasteiger partial charge in [0.05, 0.1) is 0 Å². The summed E-state index contributed by atoms with van der Waals surface area (Å²) in [6.07, 6.45) is 5.67. The summed E-state index contributed by atoms with van der Waals surface area (Å²) in [5.74, 6) is -0.696. The first-order chi connectivity index (χ1) is 9.20. The Morgan fingerprint density at radius 3 is 2.63 bits per heavy atom. The van der Waals surface area contributed by atoms with Crippen molar-refractivity contribution in [2.45, 2.75) is 44.7 Å². The minimum Gasteiger partial charge on any atom is -0.330 e. The van der Waals surface area contributed by atoms with Crippen molar-refractivity contribution in [3.8, 4) is 0 Å². The monoisotopic (exact) mass is 268 g/mol. The first-order valence-electron chi connectivity index (χ1n) is 7.08. The van der Waals surface area contributed by atoms with Gasteiger partial charge in [0.1, 0.15) is 11.6 Å². The second-order valence-electron chi connectivity index (χ2n) is 5.29. The molecule has 4 heteroatoms. The van der Waals surface area contributed by atoms with Gasteiger partial charge in [-0.05, 0) is 50.6 Å². The van der Waals surface area contributed by atoms with Crippen molar-refractivity contribution in [2.24, 2.45) is 5.73 Å². The van der Waals surface area contributed by atoms with Crippen LogP contribution in [0.3, 0.4) is 0 Å². The SMILES string of the molecule is NCCCN(Cc1cc(F)ccc1F)C1CCCC1. The van der Waals surface area contributed by atoms with Gasteiger partial charge in [0.2, 0.25) is 0 Å². The normalized spacial score (nSPS) is 16.4. The van der Waals surface area contributed by atoms with Crippen LogP contribution in [-0.2, 0) is 6.54 Å². The highest BCUT2D eigenvalue weighted by Crippen LogP contribution is 2.25. The maximum atomic E-state index is 13.7. The van der Waals surface area contributed by atoms with E-state index in [0.717, 1.165) is 25.8 Å². The van der Waals surface area contributed by atoms with Crippen LogP contribution in [0.5, 0.6) is 0 Å². The molecular formula is C15H22F2N2. The van der Waals surface area contributed by atoms with Crippen LogP contribution in [0.15, 0.2) is 18.2 Å². The molecule has 1 saturated carbocycles. The van der Waals surface area contributed by atoms with Gasteiger partial charge in [0.25, 0.3) is 0 Å². The van der Waals surface area contributed by atoms with Crippen LogP contribution >= 0.6 is 0 Å². The molecule has 106 valence electrons. The highest BCUT2D eigenvalue weighted by atomic mass is 19.1. The van der Waals surface area contributed by atoms with Gasteiger partial charge in [0, 0.05) is 18.2 Å². The third-order valence-electron chi connectivity index (χ3n) is 3.87. The molecule has 0 unspecified atom stereocenters. The fourth-order valence-corrected chi connectivity index (χ4v) is 2.84. The zero-order valence-electron chi connectivity index (χ0n) is 11.2. The van der Waals surface area contributed by atoms with E-state index in [1.54, 1.807) is 0 Å². The van der Waals surface area contributed by atoms with Crippen LogP contribution in [0.25, 0.3) is 0 Å². The molecule has 0 aliphatic heterocycles. The number of nitrogens with two attached hydrogens (primary N) is 1. The first kappa shape index (κ1) is 14.4. The zero-order valence-corrected chi connectivity index (χ0v) is 11.2. The number of rotatable bonds is 6. The Morgan fingerprint density at radius 1 is 1.21 bits per heavy atom. The van der Waals surface area contributed by atoms with E-state index in [2.05, 4.69) is 4.90 Å². The summed E-state index contributed by atoms with van der Waals surface area (Å²) in [6, 6.07) is 4.17. The van der Waals surface area contributed by atoms with E-state index in [1.165, 1.54) is 31.0 Å². The fourth-order valence-electron chi connectivity index (χ4n) is 2.84. The number of nitrogens with zero attached hydrogens (tertiary/aromatic N) is 1. The molecule has 1 aliphatic rings. The predicted molar refractivity (Wildman–Crippen MR) is 72.7 cm³/mol. The molecule has 19 heavy (non-hydrogen) atoms. The smallest absolute Gasteiger partial charge is 0.127 e. The van der Waals surface area contributed by atoms with Gasteiger partial charge in [-0.15, -0.1) is 0 Å². The largest absolute Gasteiger partial charge is 0.330 e. The third-order valence-corrected chi connectivity index (χ3v) is 3.87. The second kappa shape index (κ2) is 6.96. The molecule has 0 atom stereocenters. The maximum absolute atomic E-state index is 13.7. The number of benzene rings is 1. The van der Waals surface area contributed by atoms with E-state index in [4.69, 9.17) is 5.73 Å². The molecule has 0 amide bonds. The van der Waals surface area contributed by atoms with Crippen LogP contribution in [0.4, 0.5) is 8.78 Å². The van der Waals surface area contributed by atoms with E-state index < -0.39 is 0 Å². The van der Waals surface area contributed by atoms with Crippen LogP contribution in [0.2, 0.25) is 0 Å². The Bertz CT molecular complexity index is 403. The molecular weight excluding hydrogens is 246 g/mol. The van der Waals surface area contributed by atoms with Crippen molar-refractivity contribution < 1.29 is 8.78 Å². The van der Waals surface area contributed by atoms with Gasteiger partial charge in [-0.1, -0.05) is 12.8 Å². The quantitative estimate of drug-likeness (QED) is 0.859. The molecule has 0 spiro atoms. The number of hydrogen-bond donors (Lipinski definition) is 1. The van der Waals surface area contributed by atoms with E-state index >= 15 is 0 Å². The van der Waals surface area contributed by atoms with Gasteiger partial charge in [-0.25, -0.2) is 8.78 Å². The third kappa shape index (κ3) is 3.98. The lowest BCUT2D eigenvalue weighted by Gasteiger charge is -2.29. The maximum Gasteiger partial charge on any atom is 0.127 e. The topological polar surface area (TPSA) is 29.3 Å². The molecule has 0 bridgehead atoms. The predicted octanol–water partition coefficient (Wildman–Crippen LogP) is 3.06. The summed E-state index contributed by atoms with van der Waals surface area (Å²) in [6.45, 7) is 1.97. The molecule has 1 fully saturated rings. The Hall–Kier alpha value is -1.00. The molecule has 2 nitrogen and oxygen atoms in total. The van der Waals surface area contributed by atoms with Gasteiger partial charge in [-0.3, -0.25) is 4.90 Å². The van der Waals surface area contributed by atoms with E-state index in [1.807, 2.05) is 0 Å². The molecule has 2 rings (SSSR count). The highest BCUT2D eigenvalue weighted by Gasteiger charge is 2.23. The summed E-state index contributed by atoms with van der Waals surface area (Å²) >= 11 is 0. The van der Waals surface area contributed by atoms with Gasteiger partial charge in [0.15, 0.2) is 0 Å². The number of hydrogen-bond acceptors (Lipinski definition) is 2.